The molecule has 4 N–H and O–H groups in total. The summed E-state index contributed by atoms with van der Waals surface area (Å²) in [4.78, 5) is 24.4. The van der Waals surface area contributed by atoms with Crippen molar-refractivity contribution in [3.8, 4) is 23.0 Å². The number of rotatable bonds is 8. The highest BCUT2D eigenvalue weighted by Crippen LogP contribution is 2.46. The van der Waals surface area contributed by atoms with Gasteiger partial charge in [-0.25, -0.2) is 0 Å². The first-order chi connectivity index (χ1) is 22.9. The third kappa shape index (κ3) is 10.8. The Morgan fingerprint density at radius 1 is 0.604 bits per heavy atom. The van der Waals surface area contributed by atoms with Gasteiger partial charge < -0.3 is 29.9 Å². The number of aromatic hydroxyl groups is 4. The second-order valence-electron chi connectivity index (χ2n) is 14.2. The van der Waals surface area contributed by atoms with Crippen LogP contribution in [-0.4, -0.2) is 32.4 Å². The summed E-state index contributed by atoms with van der Waals surface area (Å²) < 4.78 is 11.6. The minimum Gasteiger partial charge on any atom is -0.508 e. The van der Waals surface area contributed by atoms with Crippen LogP contribution in [0, 0.1) is 11.8 Å². The molecule has 0 fully saturated rings. The standard InChI is InChI=1S/C40H60O8/c1-7-9-17-29-19-13-11-15-25(3)40(48-28(6)42)32-23-35(45)38(36(46)24-32)30(18-10-8-2)20-14-12-16-26(4)39(47-27(5)41)31-21-33(43)37(29)34(44)22-31/h21-26,29-30,39-40,43-46H,7-20H2,1-6H3. The summed E-state index contributed by atoms with van der Waals surface area (Å²) in [6, 6.07) is 6.63. The fourth-order valence-corrected chi connectivity index (χ4v) is 7.62. The Kier molecular flexibility index (Phi) is 15.4. The van der Waals surface area contributed by atoms with Crippen LogP contribution < -0.4 is 0 Å². The van der Waals surface area contributed by atoms with E-state index in [1.165, 1.54) is 13.8 Å². The monoisotopic (exact) mass is 668 g/mol. The molecule has 0 spiro atoms. The molecule has 6 atom stereocenters. The van der Waals surface area contributed by atoms with E-state index in [1.807, 2.05) is 13.8 Å². The Balaban J connectivity index is 2.04. The highest BCUT2D eigenvalue weighted by Gasteiger charge is 2.30. The number of esters is 2. The van der Waals surface area contributed by atoms with Crippen LogP contribution in [0.1, 0.15) is 178 Å². The smallest absolute Gasteiger partial charge is 0.303 e. The lowest BCUT2D eigenvalue weighted by Crippen LogP contribution is -2.17. The average molecular weight is 669 g/mol. The molecule has 2 aromatic carbocycles. The number of hydrogen-bond acceptors (Lipinski definition) is 8. The fraction of sp³-hybridized carbons (Fsp3) is 0.650. The minimum atomic E-state index is -0.622. The normalized spacial score (nSPS) is 24.4. The second-order valence-corrected chi connectivity index (χ2v) is 14.2. The number of phenolic OH excluding ortho intramolecular Hbond substituents is 4. The van der Waals surface area contributed by atoms with Crippen molar-refractivity contribution < 1.29 is 39.5 Å². The molecule has 0 aliphatic heterocycles. The zero-order valence-corrected chi connectivity index (χ0v) is 30.1. The molecule has 4 aliphatic rings. The van der Waals surface area contributed by atoms with Crippen LogP contribution in [0.15, 0.2) is 24.3 Å². The number of phenols is 4. The molecule has 0 heterocycles. The summed E-state index contributed by atoms with van der Waals surface area (Å²) in [5.41, 5.74) is 2.24. The largest absolute Gasteiger partial charge is 0.508 e. The summed E-state index contributed by atoms with van der Waals surface area (Å²) in [7, 11) is 0. The molecule has 6 rings (SSSR count). The van der Waals surface area contributed by atoms with Gasteiger partial charge >= 0.3 is 11.9 Å². The lowest BCUT2D eigenvalue weighted by atomic mass is 9.83. The van der Waals surface area contributed by atoms with Crippen molar-refractivity contribution in [2.75, 3.05) is 0 Å². The minimum absolute atomic E-state index is 0.0299. The highest BCUT2D eigenvalue weighted by molar-refractivity contribution is 5.67. The first kappa shape index (κ1) is 39.0. The van der Waals surface area contributed by atoms with E-state index in [4.69, 9.17) is 9.47 Å². The molecule has 0 amide bonds. The molecule has 6 unspecified atom stereocenters. The van der Waals surface area contributed by atoms with Crippen LogP contribution in [0.3, 0.4) is 0 Å². The first-order valence-electron chi connectivity index (χ1n) is 18.3. The summed E-state index contributed by atoms with van der Waals surface area (Å²) >= 11 is 0. The van der Waals surface area contributed by atoms with E-state index >= 15 is 0 Å². The first-order valence-corrected chi connectivity index (χ1v) is 18.3. The number of hydrogen-bond donors (Lipinski definition) is 4. The maximum Gasteiger partial charge on any atom is 0.303 e. The number of ether oxygens (including phenoxy) is 2. The molecule has 0 radical (unpaired) electrons. The van der Waals surface area contributed by atoms with Crippen molar-refractivity contribution in [2.45, 2.75) is 155 Å². The summed E-state index contributed by atoms with van der Waals surface area (Å²) in [6.07, 6.45) is 10.5. The average Bonchev–Trinajstić information content (AvgIpc) is 3.01. The van der Waals surface area contributed by atoms with Gasteiger partial charge in [0.25, 0.3) is 0 Å². The van der Waals surface area contributed by atoms with Crippen molar-refractivity contribution >= 4 is 11.9 Å². The Hall–Kier alpha value is -3.42. The van der Waals surface area contributed by atoms with E-state index in [-0.39, 0.29) is 46.7 Å². The van der Waals surface area contributed by atoms with Crippen LogP contribution in [-0.2, 0) is 19.1 Å². The van der Waals surface area contributed by atoms with Crippen LogP contribution in [0.25, 0.3) is 0 Å². The van der Waals surface area contributed by atoms with Crippen molar-refractivity contribution in [2.24, 2.45) is 11.8 Å². The van der Waals surface area contributed by atoms with Gasteiger partial charge in [-0.3, -0.25) is 9.59 Å². The van der Waals surface area contributed by atoms with Crippen molar-refractivity contribution in [1.29, 1.82) is 0 Å². The van der Waals surface area contributed by atoms with Crippen LogP contribution in [0.2, 0.25) is 0 Å². The number of carbonyl (C=O) groups is 2. The number of carbonyl (C=O) groups excluding carboxylic acids is 2. The van der Waals surface area contributed by atoms with Crippen molar-refractivity contribution in [1.82, 2.24) is 0 Å². The molecule has 268 valence electrons. The third-order valence-electron chi connectivity index (χ3n) is 10.1. The molecule has 2 aromatic rings. The SMILES string of the molecule is CCCCC1CCCCC(C)C(OC(C)=O)c2cc(O)c(c(O)c2)C(CCCC)CCCCC(C)C(OC(C)=O)c2cc(O)c1c(O)c2. The van der Waals surface area contributed by atoms with Gasteiger partial charge in [0, 0.05) is 36.1 Å². The van der Waals surface area contributed by atoms with Crippen LogP contribution in [0.4, 0.5) is 0 Å². The quantitative estimate of drug-likeness (QED) is 0.204. The lowest BCUT2D eigenvalue weighted by Gasteiger charge is -2.28. The van der Waals surface area contributed by atoms with E-state index < -0.39 is 24.1 Å². The molecule has 0 aromatic heterocycles. The zero-order chi connectivity index (χ0) is 35.4. The van der Waals surface area contributed by atoms with Crippen LogP contribution in [0.5, 0.6) is 23.0 Å². The Morgan fingerprint density at radius 3 is 1.21 bits per heavy atom. The van der Waals surface area contributed by atoms with E-state index in [0.717, 1.165) is 89.9 Å². The lowest BCUT2D eigenvalue weighted by molar-refractivity contribution is -0.150. The van der Waals surface area contributed by atoms with E-state index in [0.29, 0.717) is 22.3 Å². The molecular weight excluding hydrogens is 608 g/mol. The van der Waals surface area contributed by atoms with Crippen LogP contribution >= 0.6 is 0 Å². The van der Waals surface area contributed by atoms with Gasteiger partial charge in [0.05, 0.1) is 0 Å². The van der Waals surface area contributed by atoms with Gasteiger partial charge in [-0.1, -0.05) is 79.1 Å². The Labute approximate surface area is 287 Å². The third-order valence-corrected chi connectivity index (χ3v) is 10.1. The fourth-order valence-electron chi connectivity index (χ4n) is 7.62. The second kappa shape index (κ2) is 18.9. The Bertz CT molecular complexity index is 1190. The van der Waals surface area contributed by atoms with Gasteiger partial charge in [-0.15, -0.1) is 0 Å². The molecule has 0 saturated heterocycles. The summed E-state index contributed by atoms with van der Waals surface area (Å²) in [6.45, 7) is 11.0. The topological polar surface area (TPSA) is 134 Å². The predicted molar refractivity (Wildman–Crippen MR) is 188 cm³/mol. The number of benzene rings is 2. The van der Waals surface area contributed by atoms with Gasteiger partial charge in [-0.05, 0) is 86.5 Å². The maximum atomic E-state index is 12.2. The van der Waals surface area contributed by atoms with E-state index in [2.05, 4.69) is 13.8 Å². The van der Waals surface area contributed by atoms with Crippen molar-refractivity contribution in [3.05, 3.63) is 46.5 Å². The molecule has 8 nitrogen and oxygen atoms in total. The molecule has 0 saturated carbocycles. The van der Waals surface area contributed by atoms with Gasteiger partial charge in [0.15, 0.2) is 0 Å². The Morgan fingerprint density at radius 2 is 0.917 bits per heavy atom. The molecule has 4 bridgehead atoms. The van der Waals surface area contributed by atoms with Crippen molar-refractivity contribution in [3.63, 3.8) is 0 Å². The summed E-state index contributed by atoms with van der Waals surface area (Å²) in [5, 5.41) is 45.3. The van der Waals surface area contributed by atoms with E-state index in [9.17, 15) is 30.0 Å². The molecule has 48 heavy (non-hydrogen) atoms. The summed E-state index contributed by atoms with van der Waals surface area (Å²) in [5.74, 6) is -0.987. The molecular formula is C40H60O8. The zero-order valence-electron chi connectivity index (χ0n) is 30.1. The van der Waals surface area contributed by atoms with E-state index in [1.54, 1.807) is 24.3 Å². The maximum absolute atomic E-state index is 12.2. The predicted octanol–water partition coefficient (Wildman–Crippen LogP) is 10.4. The highest BCUT2D eigenvalue weighted by atomic mass is 16.5. The van der Waals surface area contributed by atoms with Gasteiger partial charge in [0.1, 0.15) is 35.2 Å². The number of unbranched alkanes of at least 4 members (excludes halogenated alkanes) is 2. The van der Waals surface area contributed by atoms with Gasteiger partial charge in [0.2, 0.25) is 0 Å². The molecule has 4 aliphatic carbocycles. The molecule has 8 heteroatoms. The van der Waals surface area contributed by atoms with Gasteiger partial charge in [-0.2, -0.15) is 0 Å².